The molecule has 0 heterocycles. The predicted molar refractivity (Wildman–Crippen MR) is 66.0 cm³/mol. The number of benzene rings is 1. The van der Waals surface area contributed by atoms with E-state index in [2.05, 4.69) is 5.32 Å². The number of nitrogens with two attached hydrogens (primary N) is 1. The number of aliphatic hydroxyl groups is 1. The van der Waals surface area contributed by atoms with E-state index in [0.29, 0.717) is 30.0 Å². The first kappa shape index (κ1) is 13.3. The Morgan fingerprint density at radius 1 is 1.59 bits per heavy atom. The molecule has 0 saturated carbocycles. The predicted octanol–water partition coefficient (Wildman–Crippen LogP) is 0.778. The highest BCUT2D eigenvalue weighted by molar-refractivity contribution is 6.01. The van der Waals surface area contributed by atoms with Gasteiger partial charge in [0.15, 0.2) is 0 Å². The van der Waals surface area contributed by atoms with Gasteiger partial charge in [-0.25, -0.2) is 0 Å². The summed E-state index contributed by atoms with van der Waals surface area (Å²) in [6, 6.07) is 5.05. The topological polar surface area (TPSA) is 84.6 Å². The van der Waals surface area contributed by atoms with Gasteiger partial charge in [0.1, 0.15) is 11.3 Å². The Labute approximate surface area is 101 Å². The molecule has 1 unspecified atom stereocenters. The van der Waals surface area contributed by atoms with Crippen LogP contribution in [0.25, 0.3) is 0 Å². The first-order valence-electron chi connectivity index (χ1n) is 5.45. The van der Waals surface area contributed by atoms with Gasteiger partial charge in [-0.1, -0.05) is 6.07 Å². The second-order valence-electron chi connectivity index (χ2n) is 3.82. The monoisotopic (exact) mass is 238 g/mol. The molecular formula is C12H18N2O3. The summed E-state index contributed by atoms with van der Waals surface area (Å²) in [4.78, 5) is 11.9. The number of anilines is 1. The molecule has 5 heteroatoms. The molecule has 0 bridgehead atoms. The normalized spacial score (nSPS) is 11.9. The van der Waals surface area contributed by atoms with Crippen LogP contribution in [0.2, 0.25) is 0 Å². The summed E-state index contributed by atoms with van der Waals surface area (Å²) in [6.07, 6.45) is 0.0613. The standard InChI is InChI=1S/C12H18N2O3/c1-8(15)6-7-14-12(16)11-9(13)4-3-5-10(11)17-2/h3-5,8,15H,6-7,13H2,1-2H3,(H,14,16). The molecule has 1 rings (SSSR count). The molecule has 0 saturated heterocycles. The largest absolute Gasteiger partial charge is 0.496 e. The number of amides is 1. The third-order valence-electron chi connectivity index (χ3n) is 2.35. The third kappa shape index (κ3) is 3.64. The Morgan fingerprint density at radius 2 is 2.29 bits per heavy atom. The molecule has 5 nitrogen and oxygen atoms in total. The highest BCUT2D eigenvalue weighted by Gasteiger charge is 2.15. The van der Waals surface area contributed by atoms with Crippen molar-refractivity contribution in [1.82, 2.24) is 5.32 Å². The van der Waals surface area contributed by atoms with E-state index in [9.17, 15) is 4.79 Å². The lowest BCUT2D eigenvalue weighted by Crippen LogP contribution is -2.27. The van der Waals surface area contributed by atoms with E-state index in [1.165, 1.54) is 7.11 Å². The minimum Gasteiger partial charge on any atom is -0.496 e. The fourth-order valence-electron chi connectivity index (χ4n) is 1.44. The number of aliphatic hydroxyl groups excluding tert-OH is 1. The van der Waals surface area contributed by atoms with Gasteiger partial charge in [0.05, 0.1) is 13.2 Å². The lowest BCUT2D eigenvalue weighted by Gasteiger charge is -2.11. The van der Waals surface area contributed by atoms with Gasteiger partial charge >= 0.3 is 0 Å². The van der Waals surface area contributed by atoms with Crippen LogP contribution < -0.4 is 15.8 Å². The highest BCUT2D eigenvalue weighted by Crippen LogP contribution is 2.23. The number of carbonyl (C=O) groups is 1. The number of hydrogen-bond donors (Lipinski definition) is 3. The van der Waals surface area contributed by atoms with Gasteiger partial charge in [-0.3, -0.25) is 4.79 Å². The van der Waals surface area contributed by atoms with Crippen molar-refractivity contribution in [2.24, 2.45) is 0 Å². The van der Waals surface area contributed by atoms with Crippen LogP contribution in [0, 0.1) is 0 Å². The van der Waals surface area contributed by atoms with Crippen LogP contribution in [-0.4, -0.2) is 30.8 Å². The molecule has 0 fully saturated rings. The molecule has 1 aromatic rings. The molecule has 17 heavy (non-hydrogen) atoms. The quantitative estimate of drug-likeness (QED) is 0.662. The van der Waals surface area contributed by atoms with E-state index >= 15 is 0 Å². The number of methoxy groups -OCH3 is 1. The molecule has 0 aliphatic carbocycles. The van der Waals surface area contributed by atoms with Gasteiger partial charge in [-0.15, -0.1) is 0 Å². The van der Waals surface area contributed by atoms with E-state index in [1.54, 1.807) is 25.1 Å². The molecule has 0 spiro atoms. The maximum Gasteiger partial charge on any atom is 0.257 e. The Balaban J connectivity index is 2.74. The van der Waals surface area contributed by atoms with E-state index in [0.717, 1.165) is 0 Å². The Bertz CT molecular complexity index is 391. The van der Waals surface area contributed by atoms with E-state index in [1.807, 2.05) is 0 Å². The summed E-state index contributed by atoms with van der Waals surface area (Å²) < 4.78 is 5.08. The number of ether oxygens (including phenoxy) is 1. The molecule has 1 atom stereocenters. The summed E-state index contributed by atoms with van der Waals surface area (Å²) in [5, 5.41) is 11.8. The number of hydrogen-bond acceptors (Lipinski definition) is 4. The fourth-order valence-corrected chi connectivity index (χ4v) is 1.44. The SMILES string of the molecule is COc1cccc(N)c1C(=O)NCCC(C)O. The van der Waals surface area contributed by atoms with Gasteiger partial charge in [0, 0.05) is 12.2 Å². The van der Waals surface area contributed by atoms with Crippen LogP contribution >= 0.6 is 0 Å². The molecule has 0 radical (unpaired) electrons. The summed E-state index contributed by atoms with van der Waals surface area (Å²) in [6.45, 7) is 2.07. The number of rotatable bonds is 5. The summed E-state index contributed by atoms with van der Waals surface area (Å²) >= 11 is 0. The molecule has 0 aliphatic heterocycles. The fraction of sp³-hybridized carbons (Fsp3) is 0.417. The van der Waals surface area contributed by atoms with Crippen LogP contribution in [0.4, 0.5) is 5.69 Å². The van der Waals surface area contributed by atoms with Crippen LogP contribution in [0.5, 0.6) is 5.75 Å². The van der Waals surface area contributed by atoms with Crippen molar-refractivity contribution < 1.29 is 14.6 Å². The number of nitrogen functional groups attached to an aromatic ring is 1. The smallest absolute Gasteiger partial charge is 0.257 e. The summed E-state index contributed by atoms with van der Waals surface area (Å²) in [7, 11) is 1.49. The van der Waals surface area contributed by atoms with E-state index in [4.69, 9.17) is 15.6 Å². The second kappa shape index (κ2) is 6.10. The molecule has 0 aromatic heterocycles. The average molecular weight is 238 g/mol. The van der Waals surface area contributed by atoms with E-state index < -0.39 is 6.10 Å². The van der Waals surface area contributed by atoms with Gasteiger partial charge in [-0.05, 0) is 25.5 Å². The van der Waals surface area contributed by atoms with Gasteiger partial charge in [0.25, 0.3) is 5.91 Å². The zero-order valence-corrected chi connectivity index (χ0v) is 10.1. The number of nitrogens with one attached hydrogen (secondary N) is 1. The van der Waals surface area contributed by atoms with Crippen LogP contribution in [0.15, 0.2) is 18.2 Å². The highest BCUT2D eigenvalue weighted by atomic mass is 16.5. The van der Waals surface area contributed by atoms with Gasteiger partial charge in [-0.2, -0.15) is 0 Å². The second-order valence-corrected chi connectivity index (χ2v) is 3.82. The Kier molecular flexibility index (Phi) is 4.78. The van der Waals surface area contributed by atoms with Crippen molar-refractivity contribution in [2.75, 3.05) is 19.4 Å². The zero-order chi connectivity index (χ0) is 12.8. The van der Waals surface area contributed by atoms with Crippen molar-refractivity contribution in [3.05, 3.63) is 23.8 Å². The van der Waals surface area contributed by atoms with Crippen LogP contribution in [0.3, 0.4) is 0 Å². The molecule has 1 amide bonds. The van der Waals surface area contributed by atoms with Crippen molar-refractivity contribution in [2.45, 2.75) is 19.4 Å². The molecule has 0 aliphatic rings. The van der Waals surface area contributed by atoms with E-state index in [-0.39, 0.29) is 5.91 Å². The Hall–Kier alpha value is -1.75. The zero-order valence-electron chi connectivity index (χ0n) is 10.1. The maximum atomic E-state index is 11.9. The summed E-state index contributed by atoms with van der Waals surface area (Å²) in [5.41, 5.74) is 6.45. The van der Waals surface area contributed by atoms with Crippen molar-refractivity contribution in [3.8, 4) is 5.75 Å². The van der Waals surface area contributed by atoms with Crippen LogP contribution in [0.1, 0.15) is 23.7 Å². The van der Waals surface area contributed by atoms with Crippen LogP contribution in [-0.2, 0) is 0 Å². The Morgan fingerprint density at radius 3 is 2.88 bits per heavy atom. The van der Waals surface area contributed by atoms with Crippen molar-refractivity contribution in [1.29, 1.82) is 0 Å². The maximum absolute atomic E-state index is 11.9. The third-order valence-corrected chi connectivity index (χ3v) is 2.35. The summed E-state index contributed by atoms with van der Waals surface area (Å²) in [5.74, 6) is 0.153. The van der Waals surface area contributed by atoms with Crippen molar-refractivity contribution >= 4 is 11.6 Å². The van der Waals surface area contributed by atoms with Gasteiger partial charge < -0.3 is 20.9 Å². The minimum atomic E-state index is -0.440. The number of carbonyl (C=O) groups excluding carboxylic acids is 1. The first-order chi connectivity index (χ1) is 8.06. The first-order valence-corrected chi connectivity index (χ1v) is 5.45. The molecular weight excluding hydrogens is 220 g/mol. The lowest BCUT2D eigenvalue weighted by atomic mass is 10.1. The average Bonchev–Trinajstić information content (AvgIpc) is 2.27. The molecule has 4 N–H and O–H groups in total. The van der Waals surface area contributed by atoms with Gasteiger partial charge in [0.2, 0.25) is 0 Å². The lowest BCUT2D eigenvalue weighted by molar-refractivity contribution is 0.0943. The minimum absolute atomic E-state index is 0.291. The van der Waals surface area contributed by atoms with Crippen molar-refractivity contribution in [3.63, 3.8) is 0 Å². The molecule has 1 aromatic carbocycles. The molecule has 94 valence electrons.